The first-order chi connectivity index (χ1) is 11.8. The van der Waals surface area contributed by atoms with E-state index in [2.05, 4.69) is 14.8 Å². The molecule has 3 rings (SSSR count). The SMILES string of the molecule is Cc1onc(N)c1S(=O)(=O)n1c(COC2C=CC=CC2C)noc1=O. The number of hydrogen-bond acceptors (Lipinski definition) is 9. The number of nitrogens with two attached hydrogens (primary N) is 1. The van der Waals surface area contributed by atoms with Crippen LogP contribution in [0, 0.1) is 12.8 Å². The van der Waals surface area contributed by atoms with Crippen molar-refractivity contribution >= 4 is 15.8 Å². The van der Waals surface area contributed by atoms with Gasteiger partial charge >= 0.3 is 5.76 Å². The Balaban J connectivity index is 1.94. The summed E-state index contributed by atoms with van der Waals surface area (Å²) in [5.41, 5.74) is 5.54. The fraction of sp³-hybridized carbons (Fsp3) is 0.357. The van der Waals surface area contributed by atoms with Crippen LogP contribution in [0.15, 0.2) is 43.0 Å². The molecule has 0 aromatic carbocycles. The summed E-state index contributed by atoms with van der Waals surface area (Å²) in [5.74, 6) is -1.70. The molecule has 0 fully saturated rings. The van der Waals surface area contributed by atoms with Crippen molar-refractivity contribution in [1.29, 1.82) is 0 Å². The number of aryl methyl sites for hydroxylation is 1. The van der Waals surface area contributed by atoms with E-state index in [1.165, 1.54) is 6.92 Å². The summed E-state index contributed by atoms with van der Waals surface area (Å²) >= 11 is 0. The fourth-order valence-electron chi connectivity index (χ4n) is 2.46. The summed E-state index contributed by atoms with van der Waals surface area (Å²) in [6.45, 7) is 3.06. The van der Waals surface area contributed by atoms with Crippen LogP contribution < -0.4 is 11.5 Å². The molecule has 0 saturated carbocycles. The van der Waals surface area contributed by atoms with E-state index in [0.29, 0.717) is 3.97 Å². The lowest BCUT2D eigenvalue weighted by Gasteiger charge is -2.20. The van der Waals surface area contributed by atoms with Gasteiger partial charge in [0.1, 0.15) is 6.61 Å². The van der Waals surface area contributed by atoms with E-state index in [4.69, 9.17) is 15.0 Å². The predicted octanol–water partition coefficient (Wildman–Crippen LogP) is 0.599. The first kappa shape index (κ1) is 17.2. The Labute approximate surface area is 142 Å². The Morgan fingerprint density at radius 2 is 2.00 bits per heavy atom. The van der Waals surface area contributed by atoms with E-state index in [0.717, 1.165) is 0 Å². The third-order valence-electron chi connectivity index (χ3n) is 3.71. The maximum absolute atomic E-state index is 12.8. The largest absolute Gasteiger partial charge is 0.456 e. The standard InChI is InChI=1S/C14H16N4O6S/c1-8-5-3-4-6-10(8)22-7-11-16-24-14(19)18(11)25(20,21)12-9(2)23-17-13(12)15/h3-6,8,10H,7H2,1-2H3,(H2,15,17). The molecule has 10 nitrogen and oxygen atoms in total. The fourth-order valence-corrected chi connectivity index (χ4v) is 3.93. The van der Waals surface area contributed by atoms with Crippen molar-refractivity contribution in [2.24, 2.45) is 5.92 Å². The van der Waals surface area contributed by atoms with E-state index in [-0.39, 0.29) is 36.0 Å². The Kier molecular flexibility index (Phi) is 4.35. The number of ether oxygens (including phenoxy) is 1. The summed E-state index contributed by atoms with van der Waals surface area (Å²) in [6.07, 6.45) is 7.19. The molecule has 11 heteroatoms. The minimum atomic E-state index is -4.39. The molecule has 2 N–H and O–H groups in total. The van der Waals surface area contributed by atoms with Crippen molar-refractivity contribution in [3.8, 4) is 0 Å². The summed E-state index contributed by atoms with van der Waals surface area (Å²) in [6, 6.07) is 0. The maximum Gasteiger partial charge on any atom is 0.456 e. The van der Waals surface area contributed by atoms with Crippen molar-refractivity contribution in [3.63, 3.8) is 0 Å². The van der Waals surface area contributed by atoms with Crippen molar-refractivity contribution in [2.45, 2.75) is 31.5 Å². The molecule has 0 bridgehead atoms. The minimum absolute atomic E-state index is 0.0496. The molecular weight excluding hydrogens is 352 g/mol. The zero-order valence-corrected chi connectivity index (χ0v) is 14.3. The van der Waals surface area contributed by atoms with Gasteiger partial charge in [-0.25, -0.2) is 13.2 Å². The quantitative estimate of drug-likeness (QED) is 0.802. The Hall–Kier alpha value is -2.66. The predicted molar refractivity (Wildman–Crippen MR) is 85.0 cm³/mol. The smallest absolute Gasteiger partial charge is 0.380 e. The van der Waals surface area contributed by atoms with E-state index in [9.17, 15) is 13.2 Å². The minimum Gasteiger partial charge on any atom is -0.380 e. The van der Waals surface area contributed by atoms with Gasteiger partial charge in [-0.15, -0.1) is 3.97 Å². The van der Waals surface area contributed by atoms with Crippen LogP contribution in [0.25, 0.3) is 0 Å². The van der Waals surface area contributed by atoms with E-state index < -0.39 is 20.7 Å². The molecule has 0 saturated heterocycles. The lowest BCUT2D eigenvalue weighted by atomic mass is 10.00. The van der Waals surface area contributed by atoms with Crippen LogP contribution in [0.4, 0.5) is 5.82 Å². The monoisotopic (exact) mass is 368 g/mol. The highest BCUT2D eigenvalue weighted by atomic mass is 32.2. The highest BCUT2D eigenvalue weighted by Crippen LogP contribution is 2.24. The van der Waals surface area contributed by atoms with Crippen LogP contribution in [0.2, 0.25) is 0 Å². The Bertz CT molecular complexity index is 977. The van der Waals surface area contributed by atoms with E-state index in [1.807, 2.05) is 31.2 Å². The second-order valence-corrected chi connectivity index (χ2v) is 7.22. The maximum atomic E-state index is 12.8. The van der Waals surface area contributed by atoms with Crippen LogP contribution in [-0.2, 0) is 21.4 Å². The van der Waals surface area contributed by atoms with E-state index in [1.54, 1.807) is 0 Å². The lowest BCUT2D eigenvalue weighted by molar-refractivity contribution is 0.0437. The van der Waals surface area contributed by atoms with Crippen molar-refractivity contribution in [1.82, 2.24) is 14.3 Å². The molecule has 0 aliphatic heterocycles. The van der Waals surface area contributed by atoms with Gasteiger partial charge in [-0.1, -0.05) is 41.5 Å². The number of hydrogen-bond donors (Lipinski definition) is 1. The van der Waals surface area contributed by atoms with Crippen LogP contribution in [0.3, 0.4) is 0 Å². The van der Waals surface area contributed by atoms with Gasteiger partial charge in [0.2, 0.25) is 0 Å². The van der Waals surface area contributed by atoms with Gasteiger partial charge < -0.3 is 15.0 Å². The van der Waals surface area contributed by atoms with Crippen LogP contribution in [0.5, 0.6) is 0 Å². The summed E-state index contributed by atoms with van der Waals surface area (Å²) in [4.78, 5) is 11.5. The topological polar surface area (TPSA) is 143 Å². The van der Waals surface area contributed by atoms with Crippen molar-refractivity contribution in [2.75, 3.05) is 5.73 Å². The average molecular weight is 368 g/mol. The number of allylic oxidation sites excluding steroid dienone is 2. The third kappa shape index (κ3) is 3.03. The molecule has 2 aromatic heterocycles. The first-order valence-electron chi connectivity index (χ1n) is 7.34. The zero-order valence-electron chi connectivity index (χ0n) is 13.4. The highest BCUT2D eigenvalue weighted by molar-refractivity contribution is 7.90. The molecule has 2 aromatic rings. The Morgan fingerprint density at radius 1 is 1.28 bits per heavy atom. The van der Waals surface area contributed by atoms with Crippen LogP contribution in [-0.4, -0.2) is 28.8 Å². The molecule has 25 heavy (non-hydrogen) atoms. The lowest BCUT2D eigenvalue weighted by Crippen LogP contribution is -2.28. The number of nitrogen functional groups attached to an aromatic ring is 1. The highest BCUT2D eigenvalue weighted by Gasteiger charge is 2.32. The Morgan fingerprint density at radius 3 is 2.64 bits per heavy atom. The number of anilines is 1. The number of aromatic nitrogens is 3. The normalized spacial score (nSPS) is 20.2. The summed E-state index contributed by atoms with van der Waals surface area (Å²) < 4.78 is 40.8. The van der Waals surface area contributed by atoms with Gasteiger partial charge in [-0.3, -0.25) is 4.52 Å². The summed E-state index contributed by atoms with van der Waals surface area (Å²) in [5, 5.41) is 6.89. The second-order valence-electron chi connectivity index (χ2n) is 5.49. The molecule has 2 heterocycles. The molecule has 0 amide bonds. The van der Waals surface area contributed by atoms with Crippen LogP contribution in [0.1, 0.15) is 18.5 Å². The van der Waals surface area contributed by atoms with E-state index >= 15 is 0 Å². The van der Waals surface area contributed by atoms with Gasteiger partial charge in [0.05, 0.1) is 6.10 Å². The molecule has 2 unspecified atom stereocenters. The van der Waals surface area contributed by atoms with Gasteiger partial charge in [0, 0.05) is 5.92 Å². The molecule has 0 radical (unpaired) electrons. The van der Waals surface area contributed by atoms with Crippen LogP contribution >= 0.6 is 0 Å². The molecule has 1 aliphatic rings. The van der Waals surface area contributed by atoms with Gasteiger partial charge in [-0.05, 0) is 6.92 Å². The van der Waals surface area contributed by atoms with Gasteiger partial charge in [-0.2, -0.15) is 0 Å². The van der Waals surface area contributed by atoms with Gasteiger partial charge in [0.15, 0.2) is 22.3 Å². The average Bonchev–Trinajstić information content (AvgIpc) is 3.09. The molecular formula is C14H16N4O6S. The second kappa shape index (κ2) is 6.33. The van der Waals surface area contributed by atoms with Crippen molar-refractivity contribution < 1.29 is 22.2 Å². The number of rotatable bonds is 5. The van der Waals surface area contributed by atoms with Gasteiger partial charge in [0.25, 0.3) is 10.0 Å². The molecule has 1 aliphatic carbocycles. The summed E-state index contributed by atoms with van der Waals surface area (Å²) in [7, 11) is -4.39. The number of nitrogens with zero attached hydrogens (tertiary/aromatic N) is 3. The molecule has 0 spiro atoms. The molecule has 134 valence electrons. The third-order valence-corrected chi connectivity index (χ3v) is 5.56. The first-order valence-corrected chi connectivity index (χ1v) is 8.78. The van der Waals surface area contributed by atoms with Crippen molar-refractivity contribution in [3.05, 3.63) is 46.4 Å². The molecule has 2 atom stereocenters. The zero-order chi connectivity index (χ0) is 18.2.